The average molecular weight is 314 g/mol. The molecule has 2 saturated carbocycles. The fourth-order valence-corrected chi connectivity index (χ4v) is 4.44. The van der Waals surface area contributed by atoms with Crippen molar-refractivity contribution in [3.63, 3.8) is 0 Å². The number of hydrogen-bond donors (Lipinski definition) is 1. The molecule has 3 heteroatoms. The minimum Gasteiger partial charge on any atom is -0.349 e. The van der Waals surface area contributed by atoms with Crippen molar-refractivity contribution in [3.05, 3.63) is 0 Å². The van der Waals surface area contributed by atoms with Crippen LogP contribution in [0.3, 0.4) is 0 Å². The summed E-state index contributed by atoms with van der Waals surface area (Å²) in [7, 11) is 0. The van der Waals surface area contributed by atoms with Crippen molar-refractivity contribution in [1.29, 1.82) is 0 Å². The summed E-state index contributed by atoms with van der Waals surface area (Å²) in [6.45, 7) is 6.97. The standard InChI is InChI=1S/C18H32ClNO/c1-17(2,3)15-9-7-14(8-10-15)16(21)20-18(13-19)11-5-4-6-12-18/h14-15H,4-13H2,1-3H3,(H,20,21). The molecular weight excluding hydrogens is 282 g/mol. The van der Waals surface area contributed by atoms with E-state index in [1.54, 1.807) is 0 Å². The maximum atomic E-state index is 12.6. The molecule has 0 heterocycles. The Hall–Kier alpha value is -0.240. The Kier molecular flexibility index (Phi) is 5.62. The van der Waals surface area contributed by atoms with Crippen LogP contribution in [0.25, 0.3) is 0 Å². The largest absolute Gasteiger partial charge is 0.349 e. The lowest BCUT2D eigenvalue weighted by Crippen LogP contribution is -2.53. The van der Waals surface area contributed by atoms with E-state index >= 15 is 0 Å². The molecule has 0 spiro atoms. The second kappa shape index (κ2) is 6.89. The number of carbonyl (C=O) groups excluding carboxylic acids is 1. The number of halogens is 1. The van der Waals surface area contributed by atoms with E-state index in [9.17, 15) is 4.79 Å². The lowest BCUT2D eigenvalue weighted by atomic mass is 9.69. The van der Waals surface area contributed by atoms with Gasteiger partial charge in [0.1, 0.15) is 0 Å². The second-order valence-electron chi connectivity index (χ2n) is 8.38. The van der Waals surface area contributed by atoms with Crippen LogP contribution < -0.4 is 5.32 Å². The van der Waals surface area contributed by atoms with Gasteiger partial charge in [0.15, 0.2) is 0 Å². The van der Waals surface area contributed by atoms with Gasteiger partial charge >= 0.3 is 0 Å². The van der Waals surface area contributed by atoms with E-state index in [0.717, 1.165) is 31.6 Å². The van der Waals surface area contributed by atoms with Crippen LogP contribution in [0.4, 0.5) is 0 Å². The van der Waals surface area contributed by atoms with E-state index in [4.69, 9.17) is 11.6 Å². The summed E-state index contributed by atoms with van der Waals surface area (Å²) in [5.74, 6) is 1.81. The Morgan fingerprint density at radius 2 is 1.67 bits per heavy atom. The fraction of sp³-hybridized carbons (Fsp3) is 0.944. The Morgan fingerprint density at radius 3 is 2.14 bits per heavy atom. The number of rotatable bonds is 3. The topological polar surface area (TPSA) is 29.1 Å². The molecule has 0 aromatic rings. The first-order valence-electron chi connectivity index (χ1n) is 8.74. The molecule has 0 aliphatic heterocycles. The van der Waals surface area contributed by atoms with Crippen molar-refractivity contribution >= 4 is 17.5 Å². The molecule has 2 aliphatic carbocycles. The van der Waals surface area contributed by atoms with Gasteiger partial charge in [-0.25, -0.2) is 0 Å². The molecule has 2 aliphatic rings. The third-order valence-corrected chi connectivity index (χ3v) is 6.29. The maximum Gasteiger partial charge on any atom is 0.223 e. The molecule has 2 nitrogen and oxygen atoms in total. The first-order chi connectivity index (χ1) is 9.86. The van der Waals surface area contributed by atoms with Crippen LogP contribution in [-0.4, -0.2) is 17.3 Å². The average Bonchev–Trinajstić information content (AvgIpc) is 2.47. The highest BCUT2D eigenvalue weighted by atomic mass is 35.5. The summed E-state index contributed by atoms with van der Waals surface area (Å²) in [4.78, 5) is 12.6. The minimum atomic E-state index is -0.113. The summed E-state index contributed by atoms with van der Waals surface area (Å²) in [6.07, 6.45) is 10.3. The Labute approximate surface area is 135 Å². The first-order valence-corrected chi connectivity index (χ1v) is 9.28. The molecule has 2 fully saturated rings. The smallest absolute Gasteiger partial charge is 0.223 e. The van der Waals surface area contributed by atoms with E-state index in [0.29, 0.717) is 11.3 Å². The normalized spacial score (nSPS) is 29.9. The summed E-state index contributed by atoms with van der Waals surface area (Å²) in [5.41, 5.74) is 0.264. The van der Waals surface area contributed by atoms with Crippen LogP contribution >= 0.6 is 11.6 Å². The first kappa shape index (κ1) is 17.1. The summed E-state index contributed by atoms with van der Waals surface area (Å²) in [6, 6.07) is 0. The number of hydrogen-bond acceptors (Lipinski definition) is 1. The lowest BCUT2D eigenvalue weighted by Gasteiger charge is -2.40. The van der Waals surface area contributed by atoms with Crippen molar-refractivity contribution in [2.75, 3.05) is 5.88 Å². The van der Waals surface area contributed by atoms with Gasteiger partial charge in [0.05, 0.1) is 5.54 Å². The molecule has 21 heavy (non-hydrogen) atoms. The Morgan fingerprint density at radius 1 is 1.10 bits per heavy atom. The molecule has 0 aromatic heterocycles. The maximum absolute atomic E-state index is 12.6. The van der Waals surface area contributed by atoms with Crippen LogP contribution in [0.15, 0.2) is 0 Å². The van der Waals surface area contributed by atoms with Gasteiger partial charge in [0.25, 0.3) is 0 Å². The van der Waals surface area contributed by atoms with Crippen LogP contribution in [0.1, 0.15) is 78.6 Å². The third-order valence-electron chi connectivity index (χ3n) is 5.78. The fourth-order valence-electron chi connectivity index (χ4n) is 4.11. The van der Waals surface area contributed by atoms with Gasteiger partial charge in [-0.15, -0.1) is 11.6 Å². The van der Waals surface area contributed by atoms with Gasteiger partial charge in [-0.3, -0.25) is 4.79 Å². The van der Waals surface area contributed by atoms with Crippen molar-refractivity contribution in [1.82, 2.24) is 5.32 Å². The summed E-state index contributed by atoms with van der Waals surface area (Å²) >= 11 is 6.19. The molecule has 0 atom stereocenters. The van der Waals surface area contributed by atoms with Gasteiger partial charge in [-0.2, -0.15) is 0 Å². The molecule has 0 bridgehead atoms. The van der Waals surface area contributed by atoms with Crippen molar-refractivity contribution in [2.24, 2.45) is 17.3 Å². The predicted molar refractivity (Wildman–Crippen MR) is 89.6 cm³/mol. The van der Waals surface area contributed by atoms with E-state index in [1.807, 2.05) is 0 Å². The lowest BCUT2D eigenvalue weighted by molar-refractivity contribution is -0.128. The molecule has 1 N–H and O–H groups in total. The van der Waals surface area contributed by atoms with Gasteiger partial charge in [0.2, 0.25) is 5.91 Å². The monoisotopic (exact) mass is 313 g/mol. The Balaban J connectivity index is 1.87. The molecular formula is C18H32ClNO. The minimum absolute atomic E-state index is 0.113. The van der Waals surface area contributed by atoms with Crippen LogP contribution in [0, 0.1) is 17.3 Å². The van der Waals surface area contributed by atoms with Crippen LogP contribution in [0.5, 0.6) is 0 Å². The van der Waals surface area contributed by atoms with Crippen molar-refractivity contribution in [2.45, 2.75) is 84.1 Å². The van der Waals surface area contributed by atoms with Crippen molar-refractivity contribution < 1.29 is 4.79 Å². The van der Waals surface area contributed by atoms with E-state index < -0.39 is 0 Å². The van der Waals surface area contributed by atoms with Crippen LogP contribution in [0.2, 0.25) is 0 Å². The SMILES string of the molecule is CC(C)(C)C1CCC(C(=O)NC2(CCl)CCCCC2)CC1. The highest BCUT2D eigenvalue weighted by Gasteiger charge is 2.37. The summed E-state index contributed by atoms with van der Waals surface area (Å²) < 4.78 is 0. The number of nitrogens with one attached hydrogen (secondary N) is 1. The van der Waals surface area contributed by atoms with E-state index in [-0.39, 0.29) is 17.4 Å². The summed E-state index contributed by atoms with van der Waals surface area (Å²) in [5, 5.41) is 3.33. The zero-order valence-corrected chi connectivity index (χ0v) is 14.8. The number of carbonyl (C=O) groups is 1. The number of alkyl halides is 1. The van der Waals surface area contributed by atoms with Gasteiger partial charge in [-0.1, -0.05) is 40.0 Å². The molecule has 0 saturated heterocycles. The molecule has 0 unspecified atom stereocenters. The highest BCUT2D eigenvalue weighted by molar-refractivity contribution is 6.18. The van der Waals surface area contributed by atoms with E-state index in [1.165, 1.54) is 32.1 Å². The molecule has 122 valence electrons. The molecule has 0 aromatic carbocycles. The number of amides is 1. The highest BCUT2D eigenvalue weighted by Crippen LogP contribution is 2.40. The second-order valence-corrected chi connectivity index (χ2v) is 8.65. The predicted octanol–water partition coefficient (Wildman–Crippen LogP) is 4.90. The van der Waals surface area contributed by atoms with Gasteiger partial charge in [0, 0.05) is 11.8 Å². The molecule has 0 radical (unpaired) electrons. The quantitative estimate of drug-likeness (QED) is 0.738. The van der Waals surface area contributed by atoms with E-state index in [2.05, 4.69) is 26.1 Å². The van der Waals surface area contributed by atoms with Crippen LogP contribution in [-0.2, 0) is 4.79 Å². The van der Waals surface area contributed by atoms with Gasteiger partial charge in [-0.05, 0) is 49.9 Å². The third kappa shape index (κ3) is 4.37. The molecule has 1 amide bonds. The Bertz CT molecular complexity index is 347. The zero-order valence-electron chi connectivity index (χ0n) is 14.0. The van der Waals surface area contributed by atoms with Gasteiger partial charge < -0.3 is 5.32 Å². The zero-order chi connectivity index (χ0) is 15.5. The molecule has 2 rings (SSSR count). The van der Waals surface area contributed by atoms with Crippen molar-refractivity contribution in [3.8, 4) is 0 Å².